The fraction of sp³-hybridized carbons (Fsp3) is 0.375. The zero-order chi connectivity index (χ0) is 20.9. The molecule has 0 atom stereocenters. The summed E-state index contributed by atoms with van der Waals surface area (Å²) in [5.41, 5.74) is -1.45. The van der Waals surface area contributed by atoms with Gasteiger partial charge in [-0.2, -0.15) is 18.2 Å². The minimum atomic E-state index is -4.96. The van der Waals surface area contributed by atoms with Gasteiger partial charge in [0, 0.05) is 19.2 Å². The van der Waals surface area contributed by atoms with Crippen molar-refractivity contribution in [2.75, 3.05) is 37.8 Å². The van der Waals surface area contributed by atoms with Crippen molar-refractivity contribution in [2.45, 2.75) is 12.5 Å². The van der Waals surface area contributed by atoms with Crippen molar-refractivity contribution in [3.8, 4) is 5.75 Å². The lowest BCUT2D eigenvalue weighted by molar-refractivity contribution is -0.274. The Hall–Kier alpha value is -2.76. The van der Waals surface area contributed by atoms with E-state index in [0.29, 0.717) is 12.6 Å². The Morgan fingerprint density at radius 1 is 1.04 bits per heavy atom. The van der Waals surface area contributed by atoms with E-state index in [4.69, 9.17) is 0 Å². The number of para-hydroxylation sites is 2. The van der Waals surface area contributed by atoms with Gasteiger partial charge in [0.2, 0.25) is 5.95 Å². The maximum Gasteiger partial charge on any atom is 0.573 e. The first-order valence-electron chi connectivity index (χ1n) is 7.91. The zero-order valence-corrected chi connectivity index (χ0v) is 14.8. The third-order valence-corrected chi connectivity index (χ3v) is 3.23. The van der Waals surface area contributed by atoms with Crippen molar-refractivity contribution in [3.63, 3.8) is 0 Å². The molecule has 154 valence electrons. The molecule has 0 fully saturated rings. The largest absolute Gasteiger partial charge is 0.573 e. The summed E-state index contributed by atoms with van der Waals surface area (Å²) in [6.45, 7) is 0.770. The van der Waals surface area contributed by atoms with Crippen LogP contribution in [-0.2, 0) is 6.18 Å². The van der Waals surface area contributed by atoms with Gasteiger partial charge in [-0.15, -0.1) is 13.2 Å². The molecule has 0 aliphatic rings. The van der Waals surface area contributed by atoms with Gasteiger partial charge in [0.1, 0.15) is 5.82 Å². The SMILES string of the molecule is CN(C)CCNc1nc(Nc2ccccc2OC(F)(F)F)cc(C(F)(F)F)n1. The second-order valence-corrected chi connectivity index (χ2v) is 5.86. The average Bonchev–Trinajstić information content (AvgIpc) is 2.54. The number of likely N-dealkylation sites (N-methyl/N-ethyl adjacent to an activating group) is 1. The maximum absolute atomic E-state index is 13.1. The number of rotatable bonds is 7. The van der Waals surface area contributed by atoms with Crippen LogP contribution in [0.1, 0.15) is 5.69 Å². The van der Waals surface area contributed by atoms with Crippen LogP contribution in [0.5, 0.6) is 5.75 Å². The first-order valence-corrected chi connectivity index (χ1v) is 7.91. The maximum atomic E-state index is 13.1. The van der Waals surface area contributed by atoms with Gasteiger partial charge in [-0.3, -0.25) is 0 Å². The number of aromatic nitrogens is 2. The van der Waals surface area contributed by atoms with E-state index in [2.05, 4.69) is 25.3 Å². The Balaban J connectivity index is 2.32. The smallest absolute Gasteiger partial charge is 0.404 e. The Morgan fingerprint density at radius 3 is 2.32 bits per heavy atom. The quantitative estimate of drug-likeness (QED) is 0.672. The molecule has 0 spiro atoms. The molecule has 1 heterocycles. The molecule has 0 aliphatic carbocycles. The van der Waals surface area contributed by atoms with Gasteiger partial charge in [0.15, 0.2) is 11.4 Å². The predicted molar refractivity (Wildman–Crippen MR) is 90.5 cm³/mol. The molecule has 0 amide bonds. The van der Waals surface area contributed by atoms with Crippen LogP contribution >= 0.6 is 0 Å². The van der Waals surface area contributed by atoms with Crippen LogP contribution in [0, 0.1) is 0 Å². The summed E-state index contributed by atoms with van der Waals surface area (Å²) >= 11 is 0. The van der Waals surface area contributed by atoms with Gasteiger partial charge >= 0.3 is 12.5 Å². The van der Waals surface area contributed by atoms with E-state index >= 15 is 0 Å². The van der Waals surface area contributed by atoms with Crippen LogP contribution < -0.4 is 15.4 Å². The Morgan fingerprint density at radius 2 is 1.71 bits per heavy atom. The molecule has 0 unspecified atom stereocenters. The summed E-state index contributed by atoms with van der Waals surface area (Å²) < 4.78 is 80.7. The topological polar surface area (TPSA) is 62.3 Å². The summed E-state index contributed by atoms with van der Waals surface area (Å²) in [4.78, 5) is 9.09. The van der Waals surface area contributed by atoms with Gasteiger partial charge < -0.3 is 20.3 Å². The number of ether oxygens (including phenoxy) is 1. The summed E-state index contributed by atoms with van der Waals surface area (Å²) in [6, 6.07) is 5.53. The summed E-state index contributed by atoms with van der Waals surface area (Å²) in [7, 11) is 3.55. The van der Waals surface area contributed by atoms with Crippen LogP contribution in [0.4, 0.5) is 43.8 Å². The number of anilines is 3. The lowest BCUT2D eigenvalue weighted by atomic mass is 10.3. The second kappa shape index (κ2) is 8.50. The van der Waals surface area contributed by atoms with E-state index in [1.165, 1.54) is 18.2 Å². The summed E-state index contributed by atoms with van der Waals surface area (Å²) in [5, 5.41) is 5.07. The molecule has 0 radical (unpaired) electrons. The van der Waals surface area contributed by atoms with Crippen LogP contribution in [0.3, 0.4) is 0 Å². The highest BCUT2D eigenvalue weighted by molar-refractivity contribution is 5.65. The Labute approximate surface area is 156 Å². The lowest BCUT2D eigenvalue weighted by Crippen LogP contribution is -2.22. The van der Waals surface area contributed by atoms with Gasteiger partial charge in [0.25, 0.3) is 0 Å². The third-order valence-electron chi connectivity index (χ3n) is 3.23. The normalized spacial score (nSPS) is 12.2. The summed E-state index contributed by atoms with van der Waals surface area (Å²) in [6.07, 6.45) is -9.72. The molecule has 12 heteroatoms. The molecular formula is C16H17F6N5O. The minimum Gasteiger partial charge on any atom is -0.404 e. The number of hydrogen-bond donors (Lipinski definition) is 2. The number of hydrogen-bond acceptors (Lipinski definition) is 6. The van der Waals surface area contributed by atoms with E-state index < -0.39 is 24.0 Å². The molecule has 2 rings (SSSR count). The molecule has 6 nitrogen and oxygen atoms in total. The minimum absolute atomic E-state index is 0.203. The van der Waals surface area contributed by atoms with Gasteiger partial charge in [-0.05, 0) is 26.2 Å². The van der Waals surface area contributed by atoms with E-state index in [1.54, 1.807) is 19.0 Å². The van der Waals surface area contributed by atoms with Crippen LogP contribution in [0.15, 0.2) is 30.3 Å². The number of halogens is 6. The monoisotopic (exact) mass is 409 g/mol. The molecule has 1 aromatic heterocycles. The van der Waals surface area contributed by atoms with Crippen molar-refractivity contribution in [2.24, 2.45) is 0 Å². The highest BCUT2D eigenvalue weighted by atomic mass is 19.4. The van der Waals surface area contributed by atoms with Crippen LogP contribution in [-0.4, -0.2) is 48.4 Å². The zero-order valence-electron chi connectivity index (χ0n) is 14.8. The van der Waals surface area contributed by atoms with E-state index in [0.717, 1.165) is 6.07 Å². The number of nitrogens with zero attached hydrogens (tertiary/aromatic N) is 3. The lowest BCUT2D eigenvalue weighted by Gasteiger charge is -2.16. The average molecular weight is 409 g/mol. The van der Waals surface area contributed by atoms with Crippen molar-refractivity contribution in [1.29, 1.82) is 0 Å². The predicted octanol–water partition coefficient (Wildman–Crippen LogP) is 4.11. The van der Waals surface area contributed by atoms with Gasteiger partial charge in [-0.1, -0.05) is 12.1 Å². The first-order chi connectivity index (χ1) is 12.9. The second-order valence-electron chi connectivity index (χ2n) is 5.86. The van der Waals surface area contributed by atoms with Crippen molar-refractivity contribution in [3.05, 3.63) is 36.0 Å². The van der Waals surface area contributed by atoms with Crippen molar-refractivity contribution < 1.29 is 31.1 Å². The molecule has 28 heavy (non-hydrogen) atoms. The highest BCUT2D eigenvalue weighted by Gasteiger charge is 2.34. The summed E-state index contributed by atoms with van der Waals surface area (Å²) in [5.74, 6) is -1.26. The molecule has 0 aliphatic heterocycles. The van der Waals surface area contributed by atoms with Crippen molar-refractivity contribution in [1.82, 2.24) is 14.9 Å². The van der Waals surface area contributed by atoms with Crippen LogP contribution in [0.2, 0.25) is 0 Å². The number of alkyl halides is 6. The molecule has 0 saturated carbocycles. The number of benzene rings is 1. The standard InChI is InChI=1S/C16H17F6N5O/c1-27(2)8-7-23-14-25-12(15(17,18)19)9-13(26-14)24-10-5-3-4-6-11(10)28-16(20,21)22/h3-6,9H,7-8H2,1-2H3,(H2,23,24,25,26). The molecule has 0 saturated heterocycles. The molecule has 0 bridgehead atoms. The van der Waals surface area contributed by atoms with Crippen molar-refractivity contribution >= 4 is 17.5 Å². The van der Waals surface area contributed by atoms with E-state index in [-0.39, 0.29) is 24.0 Å². The van der Waals surface area contributed by atoms with Crippen LogP contribution in [0.25, 0.3) is 0 Å². The first kappa shape index (κ1) is 21.5. The fourth-order valence-corrected chi connectivity index (χ4v) is 2.05. The third kappa shape index (κ3) is 6.76. The van der Waals surface area contributed by atoms with Gasteiger partial charge in [0.05, 0.1) is 5.69 Å². The molecule has 2 aromatic rings. The highest BCUT2D eigenvalue weighted by Crippen LogP contribution is 2.34. The van der Waals surface area contributed by atoms with Gasteiger partial charge in [-0.25, -0.2) is 4.98 Å². The molecular weight excluding hydrogens is 392 g/mol. The Kier molecular flexibility index (Phi) is 6.54. The van der Waals surface area contributed by atoms with E-state index in [1.807, 2.05) is 0 Å². The van der Waals surface area contributed by atoms with E-state index in [9.17, 15) is 26.3 Å². The Bertz CT molecular complexity index is 794. The molecule has 2 N–H and O–H groups in total. The molecule has 1 aromatic carbocycles. The number of nitrogens with one attached hydrogen (secondary N) is 2. The fourth-order valence-electron chi connectivity index (χ4n) is 2.05.